The molecule has 3 rings (SSSR count). The standard InChI is InChI=1S/C20H18F7NO2.ClH/c1-11(13-8-14(19(22,23)24)10-15(9-13)20(25,26)27)30-18-17(28-6-7-29-18)12-2-4-16(21)5-3-12;/h2-5,8-11,17-18,28H,6-7H2,1H3;1H. The van der Waals surface area contributed by atoms with E-state index < -0.39 is 47.7 Å². The first-order valence-corrected chi connectivity index (χ1v) is 9.00. The van der Waals surface area contributed by atoms with Gasteiger partial charge in [-0.1, -0.05) is 12.1 Å². The van der Waals surface area contributed by atoms with E-state index in [1.54, 1.807) is 0 Å². The van der Waals surface area contributed by atoms with Gasteiger partial charge in [0.15, 0.2) is 6.29 Å². The molecule has 31 heavy (non-hydrogen) atoms. The number of ether oxygens (including phenoxy) is 2. The zero-order valence-corrected chi connectivity index (χ0v) is 16.9. The summed E-state index contributed by atoms with van der Waals surface area (Å²) in [6, 6.07) is 6.20. The summed E-state index contributed by atoms with van der Waals surface area (Å²) in [7, 11) is 0. The number of benzene rings is 2. The first-order chi connectivity index (χ1) is 13.9. The smallest absolute Gasteiger partial charge is 0.349 e. The molecule has 1 saturated heterocycles. The van der Waals surface area contributed by atoms with Crippen molar-refractivity contribution in [3.8, 4) is 0 Å². The fourth-order valence-electron chi connectivity index (χ4n) is 3.14. The molecule has 0 amide bonds. The molecule has 1 heterocycles. The Morgan fingerprint density at radius 3 is 2.03 bits per heavy atom. The molecule has 3 nitrogen and oxygen atoms in total. The number of morpholine rings is 1. The van der Waals surface area contributed by atoms with Crippen LogP contribution < -0.4 is 5.32 Å². The topological polar surface area (TPSA) is 30.5 Å². The fraction of sp³-hybridized carbons (Fsp3) is 0.400. The molecule has 2 aromatic rings. The number of rotatable bonds is 4. The summed E-state index contributed by atoms with van der Waals surface area (Å²) in [5.74, 6) is -0.454. The monoisotopic (exact) mass is 473 g/mol. The van der Waals surface area contributed by atoms with Crippen LogP contribution in [0.25, 0.3) is 0 Å². The highest BCUT2D eigenvalue weighted by Crippen LogP contribution is 2.38. The van der Waals surface area contributed by atoms with E-state index in [1.807, 2.05) is 0 Å². The van der Waals surface area contributed by atoms with Crippen molar-refractivity contribution >= 4 is 12.4 Å². The van der Waals surface area contributed by atoms with Gasteiger partial charge in [0, 0.05) is 6.54 Å². The molecule has 3 atom stereocenters. The Balaban J connectivity index is 0.00000341. The molecule has 11 heteroatoms. The molecule has 0 spiro atoms. The van der Waals surface area contributed by atoms with Crippen LogP contribution in [0, 0.1) is 5.82 Å². The zero-order valence-electron chi connectivity index (χ0n) is 16.1. The Morgan fingerprint density at radius 2 is 1.52 bits per heavy atom. The van der Waals surface area contributed by atoms with Gasteiger partial charge in [-0.25, -0.2) is 4.39 Å². The summed E-state index contributed by atoms with van der Waals surface area (Å²) in [5, 5.41) is 3.10. The van der Waals surface area contributed by atoms with Gasteiger partial charge in [0.05, 0.1) is 29.9 Å². The van der Waals surface area contributed by atoms with Crippen LogP contribution in [0.1, 0.15) is 41.3 Å². The van der Waals surface area contributed by atoms with Crippen LogP contribution in [0.5, 0.6) is 0 Å². The molecule has 1 aliphatic heterocycles. The lowest BCUT2D eigenvalue weighted by Crippen LogP contribution is -2.43. The summed E-state index contributed by atoms with van der Waals surface area (Å²) >= 11 is 0. The molecular weight excluding hydrogens is 455 g/mol. The van der Waals surface area contributed by atoms with Crippen molar-refractivity contribution in [3.63, 3.8) is 0 Å². The van der Waals surface area contributed by atoms with E-state index in [2.05, 4.69) is 5.32 Å². The van der Waals surface area contributed by atoms with Crippen LogP contribution >= 0.6 is 12.4 Å². The van der Waals surface area contributed by atoms with Gasteiger partial charge >= 0.3 is 12.4 Å². The van der Waals surface area contributed by atoms with E-state index in [0.29, 0.717) is 24.2 Å². The van der Waals surface area contributed by atoms with Gasteiger partial charge < -0.3 is 14.8 Å². The number of hydrogen-bond acceptors (Lipinski definition) is 3. The summed E-state index contributed by atoms with van der Waals surface area (Å²) in [4.78, 5) is 0. The van der Waals surface area contributed by atoms with Gasteiger partial charge in [0.1, 0.15) is 5.82 Å². The van der Waals surface area contributed by atoms with Gasteiger partial charge in [0.2, 0.25) is 0 Å². The summed E-state index contributed by atoms with van der Waals surface area (Å²) in [5.41, 5.74) is -2.52. The summed E-state index contributed by atoms with van der Waals surface area (Å²) in [6.45, 7) is 2.01. The Labute approximate surface area is 179 Å². The number of halogens is 8. The highest BCUT2D eigenvalue weighted by Gasteiger charge is 2.38. The summed E-state index contributed by atoms with van der Waals surface area (Å²) in [6.07, 6.45) is -12.0. The van der Waals surface area contributed by atoms with Gasteiger partial charge in [-0.2, -0.15) is 26.3 Å². The third-order valence-corrected chi connectivity index (χ3v) is 4.67. The number of alkyl halides is 6. The fourth-order valence-corrected chi connectivity index (χ4v) is 3.14. The van der Waals surface area contributed by atoms with E-state index in [1.165, 1.54) is 31.2 Å². The minimum atomic E-state index is -4.95. The van der Waals surface area contributed by atoms with Crippen molar-refractivity contribution in [1.29, 1.82) is 0 Å². The molecule has 172 valence electrons. The summed E-state index contributed by atoms with van der Waals surface area (Å²) < 4.78 is 103. The van der Waals surface area contributed by atoms with Crippen LogP contribution in [-0.4, -0.2) is 19.4 Å². The average Bonchev–Trinajstić information content (AvgIpc) is 2.67. The largest absolute Gasteiger partial charge is 0.416 e. The maximum absolute atomic E-state index is 13.2. The van der Waals surface area contributed by atoms with Gasteiger partial charge in [-0.05, 0) is 48.4 Å². The lowest BCUT2D eigenvalue weighted by molar-refractivity contribution is -0.200. The highest BCUT2D eigenvalue weighted by molar-refractivity contribution is 5.85. The molecule has 1 aliphatic rings. The second kappa shape index (κ2) is 9.72. The lowest BCUT2D eigenvalue weighted by Gasteiger charge is -2.34. The van der Waals surface area contributed by atoms with Crippen LogP contribution in [0.15, 0.2) is 42.5 Å². The Bertz CT molecular complexity index is 839. The van der Waals surface area contributed by atoms with Crippen LogP contribution in [0.2, 0.25) is 0 Å². The van der Waals surface area contributed by atoms with E-state index in [0.717, 1.165) is 0 Å². The van der Waals surface area contributed by atoms with E-state index in [9.17, 15) is 30.7 Å². The molecule has 0 saturated carbocycles. The van der Waals surface area contributed by atoms with Crippen molar-refractivity contribution in [3.05, 3.63) is 70.5 Å². The molecule has 1 fully saturated rings. The normalized spacial score (nSPS) is 20.8. The van der Waals surface area contributed by atoms with Crippen molar-refractivity contribution < 1.29 is 40.2 Å². The molecule has 1 N–H and O–H groups in total. The van der Waals surface area contributed by atoms with Gasteiger partial charge in [-0.15, -0.1) is 12.4 Å². The predicted molar refractivity (Wildman–Crippen MR) is 100 cm³/mol. The first-order valence-electron chi connectivity index (χ1n) is 9.00. The van der Waals surface area contributed by atoms with Crippen LogP contribution in [-0.2, 0) is 21.8 Å². The average molecular weight is 474 g/mol. The van der Waals surface area contributed by atoms with Gasteiger partial charge in [0.25, 0.3) is 0 Å². The maximum atomic E-state index is 13.2. The number of hydrogen-bond donors (Lipinski definition) is 1. The highest BCUT2D eigenvalue weighted by atomic mass is 35.5. The lowest BCUT2D eigenvalue weighted by atomic mass is 10.0. The molecule has 0 bridgehead atoms. The van der Waals surface area contributed by atoms with Gasteiger partial charge in [-0.3, -0.25) is 0 Å². The van der Waals surface area contributed by atoms with E-state index in [4.69, 9.17) is 9.47 Å². The Hall–Kier alpha value is -1.88. The van der Waals surface area contributed by atoms with Crippen LogP contribution in [0.4, 0.5) is 30.7 Å². The third kappa shape index (κ3) is 6.31. The molecule has 0 aliphatic carbocycles. The molecular formula is C20H19ClF7NO2. The van der Waals surface area contributed by atoms with E-state index >= 15 is 0 Å². The van der Waals surface area contributed by atoms with Crippen molar-refractivity contribution in [2.24, 2.45) is 0 Å². The minimum absolute atomic E-state index is 0. The molecule has 2 aromatic carbocycles. The third-order valence-electron chi connectivity index (χ3n) is 4.67. The first kappa shape index (κ1) is 25.4. The molecule has 0 radical (unpaired) electrons. The van der Waals surface area contributed by atoms with Crippen LogP contribution in [0.3, 0.4) is 0 Å². The molecule has 0 aromatic heterocycles. The van der Waals surface area contributed by atoms with Crippen molar-refractivity contribution in [2.75, 3.05) is 13.2 Å². The second-order valence-corrected chi connectivity index (χ2v) is 6.84. The molecule has 3 unspecified atom stereocenters. The zero-order chi connectivity index (χ0) is 22.1. The Kier molecular flexibility index (Phi) is 7.96. The maximum Gasteiger partial charge on any atom is 0.416 e. The van der Waals surface area contributed by atoms with Crippen molar-refractivity contribution in [2.45, 2.75) is 37.7 Å². The second-order valence-electron chi connectivity index (χ2n) is 6.84. The van der Waals surface area contributed by atoms with E-state index in [-0.39, 0.29) is 30.6 Å². The SMILES string of the molecule is CC(OC1OCCNC1c1ccc(F)cc1)c1cc(C(F)(F)F)cc(C(F)(F)F)c1.Cl. The number of nitrogens with one attached hydrogen (secondary N) is 1. The quantitative estimate of drug-likeness (QED) is 0.548. The predicted octanol–water partition coefficient (Wildman–Crippen LogP) is 6.05. The Morgan fingerprint density at radius 1 is 0.968 bits per heavy atom. The van der Waals surface area contributed by atoms with Crippen molar-refractivity contribution in [1.82, 2.24) is 5.32 Å². The minimum Gasteiger partial charge on any atom is -0.349 e.